The minimum Gasteiger partial charge on any atom is -0.366 e. The third-order valence-corrected chi connectivity index (χ3v) is 6.78. The number of piperazine rings is 1. The molecular formula is C23H22F5N5O3S. The van der Waals surface area contributed by atoms with Gasteiger partial charge in [-0.05, 0) is 43.6 Å². The maximum atomic E-state index is 14.1. The predicted molar refractivity (Wildman–Crippen MR) is 129 cm³/mol. The van der Waals surface area contributed by atoms with Gasteiger partial charge >= 0.3 is 0 Å². The molecule has 0 atom stereocenters. The number of benzene rings is 2. The van der Waals surface area contributed by atoms with Crippen molar-refractivity contribution in [2.45, 2.75) is 19.3 Å². The van der Waals surface area contributed by atoms with Crippen LogP contribution in [0.5, 0.6) is 0 Å². The molecule has 2 aliphatic heterocycles. The van der Waals surface area contributed by atoms with Crippen molar-refractivity contribution in [3.05, 3.63) is 63.0 Å². The van der Waals surface area contributed by atoms with E-state index in [2.05, 4.69) is 5.32 Å². The van der Waals surface area contributed by atoms with Crippen molar-refractivity contribution >= 4 is 40.3 Å². The summed E-state index contributed by atoms with van der Waals surface area (Å²) in [6.07, 6.45) is 2.90. The highest BCUT2D eigenvalue weighted by molar-refractivity contribution is 7.80. The molecule has 2 fully saturated rings. The van der Waals surface area contributed by atoms with Crippen LogP contribution in [0.25, 0.3) is 0 Å². The summed E-state index contributed by atoms with van der Waals surface area (Å²) in [5.41, 5.74) is -0.757. The molecule has 1 N–H and O–H groups in total. The van der Waals surface area contributed by atoms with Crippen LogP contribution in [0, 0.1) is 39.2 Å². The summed E-state index contributed by atoms with van der Waals surface area (Å²) in [7, 11) is 0. The molecule has 0 bridgehead atoms. The standard InChI is InChI=1S/C23H22F5N5O3S/c24-16-17(25)19(27)21(20(28)18(16)26)31-8-10-32(11-9-31)23(37)29-22(34)13-4-5-14(15(12-13)33(35)36)30-6-2-1-3-7-30/h4-5,12H,1-3,6-11H2,(H,29,34,37). The van der Waals surface area contributed by atoms with Gasteiger partial charge in [0.25, 0.3) is 11.6 Å². The van der Waals surface area contributed by atoms with Crippen LogP contribution in [-0.2, 0) is 0 Å². The lowest BCUT2D eigenvalue weighted by Crippen LogP contribution is -2.53. The number of halogens is 5. The summed E-state index contributed by atoms with van der Waals surface area (Å²) < 4.78 is 68.7. The Hall–Kier alpha value is -3.55. The predicted octanol–water partition coefficient (Wildman–Crippen LogP) is 4.12. The zero-order valence-electron chi connectivity index (χ0n) is 19.4. The van der Waals surface area contributed by atoms with E-state index in [1.807, 2.05) is 4.90 Å². The van der Waals surface area contributed by atoms with Crippen molar-refractivity contribution in [2.75, 3.05) is 49.1 Å². The minimum atomic E-state index is -2.23. The number of carbonyl (C=O) groups excluding carboxylic acids is 1. The Balaban J connectivity index is 1.42. The number of hydrogen-bond donors (Lipinski definition) is 1. The molecule has 0 unspecified atom stereocenters. The smallest absolute Gasteiger partial charge is 0.293 e. The quantitative estimate of drug-likeness (QED) is 0.155. The van der Waals surface area contributed by atoms with Gasteiger partial charge in [-0.15, -0.1) is 0 Å². The van der Waals surface area contributed by atoms with Gasteiger partial charge in [-0.25, -0.2) is 22.0 Å². The van der Waals surface area contributed by atoms with Crippen LogP contribution >= 0.6 is 12.2 Å². The van der Waals surface area contributed by atoms with Gasteiger partial charge in [0.15, 0.2) is 28.4 Å². The largest absolute Gasteiger partial charge is 0.366 e. The molecule has 2 saturated heterocycles. The van der Waals surface area contributed by atoms with E-state index in [1.165, 1.54) is 23.1 Å². The van der Waals surface area contributed by atoms with Crippen LogP contribution in [-0.4, -0.2) is 60.1 Å². The van der Waals surface area contributed by atoms with Crippen LogP contribution in [0.1, 0.15) is 29.6 Å². The van der Waals surface area contributed by atoms with Gasteiger partial charge in [-0.3, -0.25) is 20.2 Å². The molecule has 0 spiro atoms. The molecular weight excluding hydrogens is 521 g/mol. The molecule has 1 amide bonds. The third kappa shape index (κ3) is 5.29. The molecule has 2 aliphatic rings. The molecule has 198 valence electrons. The minimum absolute atomic E-state index is 0.0205. The van der Waals surface area contributed by atoms with E-state index in [9.17, 15) is 36.9 Å². The average Bonchev–Trinajstić information content (AvgIpc) is 2.91. The number of piperidine rings is 1. The molecule has 0 radical (unpaired) electrons. The van der Waals surface area contributed by atoms with Gasteiger partial charge in [-0.2, -0.15) is 0 Å². The Bertz CT molecular complexity index is 1220. The van der Waals surface area contributed by atoms with Crippen molar-refractivity contribution in [3.63, 3.8) is 0 Å². The molecule has 2 heterocycles. The number of hydrogen-bond acceptors (Lipinski definition) is 6. The van der Waals surface area contributed by atoms with Crippen LogP contribution in [0.3, 0.4) is 0 Å². The molecule has 14 heteroatoms. The molecule has 0 saturated carbocycles. The van der Waals surface area contributed by atoms with E-state index in [0.29, 0.717) is 18.8 Å². The number of nitro groups is 1. The van der Waals surface area contributed by atoms with E-state index in [1.54, 1.807) is 0 Å². The van der Waals surface area contributed by atoms with Gasteiger partial charge in [0.2, 0.25) is 5.82 Å². The monoisotopic (exact) mass is 543 g/mol. The number of thiocarbonyl (C=S) groups is 1. The summed E-state index contributed by atoms with van der Waals surface area (Å²) in [5, 5.41) is 14.1. The summed E-state index contributed by atoms with van der Waals surface area (Å²) >= 11 is 5.24. The lowest BCUT2D eigenvalue weighted by molar-refractivity contribution is -0.384. The first-order chi connectivity index (χ1) is 17.6. The van der Waals surface area contributed by atoms with Gasteiger partial charge in [0.05, 0.1) is 4.92 Å². The van der Waals surface area contributed by atoms with E-state index in [-0.39, 0.29) is 42.5 Å². The molecule has 2 aromatic carbocycles. The molecule has 8 nitrogen and oxygen atoms in total. The topological polar surface area (TPSA) is 82.0 Å². The molecule has 37 heavy (non-hydrogen) atoms. The van der Waals surface area contributed by atoms with Crippen molar-refractivity contribution in [1.82, 2.24) is 10.2 Å². The normalized spacial score (nSPS) is 16.1. The van der Waals surface area contributed by atoms with Crippen LogP contribution in [0.4, 0.5) is 39.0 Å². The second-order valence-corrected chi connectivity index (χ2v) is 9.05. The Labute approximate surface area is 213 Å². The second-order valence-electron chi connectivity index (χ2n) is 8.66. The molecule has 4 rings (SSSR count). The lowest BCUT2D eigenvalue weighted by atomic mass is 10.1. The number of nitrogens with one attached hydrogen (secondary N) is 1. The van der Waals surface area contributed by atoms with Crippen molar-refractivity contribution in [3.8, 4) is 0 Å². The van der Waals surface area contributed by atoms with Crippen molar-refractivity contribution in [1.29, 1.82) is 0 Å². The number of nitro benzene ring substituents is 1. The zero-order chi connectivity index (χ0) is 26.9. The lowest BCUT2D eigenvalue weighted by Gasteiger charge is -2.37. The fourth-order valence-electron chi connectivity index (χ4n) is 4.47. The number of anilines is 2. The average molecular weight is 544 g/mol. The highest BCUT2D eigenvalue weighted by Gasteiger charge is 2.31. The first-order valence-corrected chi connectivity index (χ1v) is 11.9. The maximum absolute atomic E-state index is 14.1. The molecule has 0 aromatic heterocycles. The fraction of sp³-hybridized carbons (Fsp3) is 0.391. The van der Waals surface area contributed by atoms with Gasteiger partial charge in [0.1, 0.15) is 11.4 Å². The zero-order valence-corrected chi connectivity index (χ0v) is 20.2. The summed E-state index contributed by atoms with van der Waals surface area (Å²) in [5.74, 6) is -10.8. The van der Waals surface area contributed by atoms with Gasteiger partial charge < -0.3 is 14.7 Å². The molecule has 2 aromatic rings. The first kappa shape index (κ1) is 26.5. The van der Waals surface area contributed by atoms with Crippen molar-refractivity contribution < 1.29 is 31.7 Å². The highest BCUT2D eigenvalue weighted by atomic mass is 32.1. The van der Waals surface area contributed by atoms with Crippen LogP contribution < -0.4 is 15.1 Å². The fourth-order valence-corrected chi connectivity index (χ4v) is 4.74. The van der Waals surface area contributed by atoms with E-state index < -0.39 is 45.6 Å². The SMILES string of the molecule is O=C(NC(=S)N1CCN(c2c(F)c(F)c(F)c(F)c2F)CC1)c1ccc(N2CCCCC2)c([N+](=O)[O-])c1. The first-order valence-electron chi connectivity index (χ1n) is 11.5. The van der Waals surface area contributed by atoms with E-state index >= 15 is 0 Å². The number of nitrogens with zero attached hydrogens (tertiary/aromatic N) is 4. The number of rotatable bonds is 4. The number of carbonyl (C=O) groups is 1. The van der Waals surface area contributed by atoms with Crippen LogP contribution in [0.15, 0.2) is 18.2 Å². The Kier molecular flexibility index (Phi) is 7.76. The Morgan fingerprint density at radius 3 is 1.97 bits per heavy atom. The van der Waals surface area contributed by atoms with Gasteiger partial charge in [-0.1, -0.05) is 0 Å². The second kappa shape index (κ2) is 10.8. The Morgan fingerprint density at radius 1 is 0.838 bits per heavy atom. The van der Waals surface area contributed by atoms with Crippen molar-refractivity contribution in [2.24, 2.45) is 0 Å². The van der Waals surface area contributed by atoms with E-state index in [0.717, 1.165) is 24.2 Å². The summed E-state index contributed by atoms with van der Waals surface area (Å²) in [6, 6.07) is 4.18. The summed E-state index contributed by atoms with van der Waals surface area (Å²) in [4.78, 5) is 28.3. The summed E-state index contributed by atoms with van der Waals surface area (Å²) in [6.45, 7) is 1.15. The van der Waals surface area contributed by atoms with Gasteiger partial charge in [0, 0.05) is 50.9 Å². The number of amides is 1. The Morgan fingerprint density at radius 2 is 1.41 bits per heavy atom. The molecule has 0 aliphatic carbocycles. The maximum Gasteiger partial charge on any atom is 0.293 e. The van der Waals surface area contributed by atoms with E-state index in [4.69, 9.17) is 12.2 Å². The highest BCUT2D eigenvalue weighted by Crippen LogP contribution is 2.32. The third-order valence-electron chi connectivity index (χ3n) is 6.42. The van der Waals surface area contributed by atoms with Crippen LogP contribution in [0.2, 0.25) is 0 Å².